The lowest BCUT2D eigenvalue weighted by atomic mass is 10.5. The zero-order valence-electron chi connectivity index (χ0n) is 6.69. The third kappa shape index (κ3) is 1.85. The second kappa shape index (κ2) is 3.91. The van der Waals surface area contributed by atoms with Gasteiger partial charge in [-0.25, -0.2) is 0 Å². The molecular formula is C6H10N2O4. The monoisotopic (exact) mass is 174 g/mol. The predicted octanol–water partition coefficient (Wildman–Crippen LogP) is -0.622. The van der Waals surface area contributed by atoms with Gasteiger partial charge in [0.1, 0.15) is 0 Å². The maximum absolute atomic E-state index is 10.6. The fourth-order valence-corrected chi connectivity index (χ4v) is 0.644. The highest BCUT2D eigenvalue weighted by atomic mass is 16.8. The average molecular weight is 174 g/mol. The molecule has 0 aromatic carbocycles. The number of hydrogen-bond acceptors (Lipinski definition) is 5. The number of aliphatic hydroxyl groups excluding tert-OH is 1. The van der Waals surface area contributed by atoms with Crippen molar-refractivity contribution in [2.75, 3.05) is 13.2 Å². The Morgan fingerprint density at radius 1 is 1.75 bits per heavy atom. The van der Waals surface area contributed by atoms with Crippen LogP contribution in [0.2, 0.25) is 0 Å². The first kappa shape index (κ1) is 8.79. The van der Waals surface area contributed by atoms with E-state index in [1.165, 1.54) is 6.92 Å². The topological polar surface area (TPSA) is 82.4 Å². The summed E-state index contributed by atoms with van der Waals surface area (Å²) in [5, 5.41) is 22.4. The number of hydrogen-bond donors (Lipinski definition) is 1. The molecule has 0 saturated heterocycles. The maximum atomic E-state index is 10.6. The molecule has 0 bridgehead atoms. The van der Waals surface area contributed by atoms with Crippen LogP contribution in [0.3, 0.4) is 0 Å². The fraction of sp³-hybridized carbons (Fsp3) is 0.667. The zero-order valence-corrected chi connectivity index (χ0v) is 6.69. The molecule has 0 fully saturated rings. The van der Waals surface area contributed by atoms with Crippen LogP contribution in [0, 0.1) is 12.1 Å². The van der Waals surface area contributed by atoms with Crippen molar-refractivity contribution in [1.82, 2.24) is 5.16 Å². The summed E-state index contributed by atoms with van der Waals surface area (Å²) in [4.78, 5) is 0.272. The van der Waals surface area contributed by atoms with Gasteiger partial charge in [-0.1, -0.05) is 0 Å². The van der Waals surface area contributed by atoms with Crippen LogP contribution in [0.4, 0.5) is 0 Å². The van der Waals surface area contributed by atoms with Gasteiger partial charge >= 0.3 is 5.88 Å². The maximum Gasteiger partial charge on any atom is 0.397 e. The summed E-state index contributed by atoms with van der Waals surface area (Å²) in [5.74, 6) is 0.179. The van der Waals surface area contributed by atoms with E-state index in [1.807, 2.05) is 0 Å². The number of aliphatic hydroxyl groups is 1. The number of ether oxygens (including phenoxy) is 1. The van der Waals surface area contributed by atoms with Crippen LogP contribution in [-0.4, -0.2) is 23.5 Å². The van der Waals surface area contributed by atoms with E-state index in [0.29, 0.717) is 13.0 Å². The summed E-state index contributed by atoms with van der Waals surface area (Å²) in [6, 6.07) is 0. The quantitative estimate of drug-likeness (QED) is 0.485. The van der Waals surface area contributed by atoms with E-state index >= 15 is 0 Å². The largest absolute Gasteiger partial charge is 0.455 e. The molecular weight excluding hydrogens is 164 g/mol. The van der Waals surface area contributed by atoms with Crippen LogP contribution in [-0.2, 0) is 0 Å². The molecule has 0 saturated carbocycles. The van der Waals surface area contributed by atoms with Gasteiger partial charge in [0.05, 0.1) is 11.8 Å². The molecule has 0 amide bonds. The van der Waals surface area contributed by atoms with Crippen molar-refractivity contribution in [2.45, 2.75) is 13.3 Å². The van der Waals surface area contributed by atoms with Gasteiger partial charge in [0.2, 0.25) is 5.69 Å². The summed E-state index contributed by atoms with van der Waals surface area (Å²) in [5.41, 5.74) is 0.285. The molecule has 0 unspecified atom stereocenters. The van der Waals surface area contributed by atoms with Gasteiger partial charge in [-0.2, -0.15) is 0 Å². The third-order valence-electron chi connectivity index (χ3n) is 1.32. The van der Waals surface area contributed by atoms with Crippen LogP contribution in [0.5, 0.6) is 5.88 Å². The summed E-state index contributed by atoms with van der Waals surface area (Å²) in [6.07, 6.45) is 0.505. The van der Waals surface area contributed by atoms with E-state index < -0.39 is 0 Å². The first-order valence-corrected chi connectivity index (χ1v) is 3.55. The molecule has 0 aliphatic heterocycles. The van der Waals surface area contributed by atoms with E-state index in [2.05, 4.69) is 9.79 Å². The van der Waals surface area contributed by atoms with Gasteiger partial charge in [-0.05, 0) is 4.90 Å². The lowest BCUT2D eigenvalue weighted by Crippen LogP contribution is -2.25. The van der Waals surface area contributed by atoms with Crippen molar-refractivity contribution in [2.24, 2.45) is 0 Å². The average Bonchev–Trinajstić information content (AvgIpc) is 2.36. The minimum absolute atomic E-state index is 0.0499. The Morgan fingerprint density at radius 2 is 2.50 bits per heavy atom. The first-order chi connectivity index (χ1) is 5.75. The highest BCUT2D eigenvalue weighted by Gasteiger charge is 2.14. The van der Waals surface area contributed by atoms with E-state index in [9.17, 15) is 5.21 Å². The Labute approximate surface area is 68.9 Å². The number of rotatable bonds is 4. The summed E-state index contributed by atoms with van der Waals surface area (Å²) in [6.45, 7) is 1.91. The van der Waals surface area contributed by atoms with E-state index in [0.717, 1.165) is 0 Å². The highest BCUT2D eigenvalue weighted by Crippen LogP contribution is 2.08. The van der Waals surface area contributed by atoms with E-state index in [-0.39, 0.29) is 23.1 Å². The Morgan fingerprint density at radius 3 is 3.00 bits per heavy atom. The van der Waals surface area contributed by atoms with Crippen molar-refractivity contribution in [3.05, 3.63) is 10.9 Å². The molecule has 0 aliphatic carbocycles. The van der Waals surface area contributed by atoms with Crippen LogP contribution < -0.4 is 9.64 Å². The molecule has 12 heavy (non-hydrogen) atoms. The van der Waals surface area contributed by atoms with E-state index in [4.69, 9.17) is 9.84 Å². The first-order valence-electron chi connectivity index (χ1n) is 3.55. The smallest absolute Gasteiger partial charge is 0.397 e. The molecule has 0 atom stereocenters. The lowest BCUT2D eigenvalue weighted by molar-refractivity contribution is -0.806. The molecule has 1 aromatic rings. The molecule has 1 aromatic heterocycles. The minimum Gasteiger partial charge on any atom is -0.455 e. The van der Waals surface area contributed by atoms with Gasteiger partial charge in [0, 0.05) is 20.0 Å². The van der Waals surface area contributed by atoms with Gasteiger partial charge in [-0.15, -0.1) is 0 Å². The molecule has 0 spiro atoms. The molecule has 68 valence electrons. The third-order valence-corrected chi connectivity index (χ3v) is 1.32. The van der Waals surface area contributed by atoms with Crippen molar-refractivity contribution in [3.63, 3.8) is 0 Å². The molecule has 0 radical (unpaired) electrons. The summed E-state index contributed by atoms with van der Waals surface area (Å²) in [7, 11) is 0. The zero-order chi connectivity index (χ0) is 8.97. The minimum atomic E-state index is 0.0499. The van der Waals surface area contributed by atoms with Gasteiger partial charge in [0.25, 0.3) is 0 Å². The fourth-order valence-electron chi connectivity index (χ4n) is 0.644. The predicted molar refractivity (Wildman–Crippen MR) is 37.4 cm³/mol. The Bertz CT molecular complexity index is 248. The van der Waals surface area contributed by atoms with Crippen molar-refractivity contribution in [3.8, 4) is 5.88 Å². The molecule has 1 N–H and O–H groups in total. The molecule has 6 nitrogen and oxygen atoms in total. The van der Waals surface area contributed by atoms with Crippen LogP contribution in [0.1, 0.15) is 12.1 Å². The number of nitrogens with zero attached hydrogens (tertiary/aromatic N) is 2. The van der Waals surface area contributed by atoms with Gasteiger partial charge in [-0.3, -0.25) is 4.63 Å². The molecule has 6 heteroatoms. The lowest BCUT2D eigenvalue weighted by Gasteiger charge is -1.95. The van der Waals surface area contributed by atoms with Crippen LogP contribution in [0.15, 0.2) is 4.63 Å². The second-order valence-corrected chi connectivity index (χ2v) is 2.25. The Kier molecular flexibility index (Phi) is 2.87. The van der Waals surface area contributed by atoms with Gasteiger partial charge < -0.3 is 15.1 Å². The van der Waals surface area contributed by atoms with Crippen LogP contribution in [0.25, 0.3) is 0 Å². The Hall–Kier alpha value is -1.30. The Balaban J connectivity index is 2.46. The summed E-state index contributed by atoms with van der Waals surface area (Å²) < 4.78 is 9.26. The summed E-state index contributed by atoms with van der Waals surface area (Å²) >= 11 is 0. The molecule has 1 rings (SSSR count). The van der Waals surface area contributed by atoms with Gasteiger partial charge in [0.15, 0.2) is 0 Å². The van der Waals surface area contributed by atoms with Crippen molar-refractivity contribution >= 4 is 0 Å². The highest BCUT2D eigenvalue weighted by molar-refractivity contribution is 5.07. The standard InChI is InChI=1S/C6H10N2O4/c1-5-6(7-12-8(5)10)11-4-2-3-9/h9H,2-4H2,1H3. The second-order valence-electron chi connectivity index (χ2n) is 2.25. The molecule has 0 aliphatic rings. The van der Waals surface area contributed by atoms with Crippen molar-refractivity contribution in [1.29, 1.82) is 0 Å². The number of aromatic nitrogens is 2. The SMILES string of the molecule is Cc1c(OCCCO)no[n+]1[O-]. The normalized spacial score (nSPS) is 10.2. The van der Waals surface area contributed by atoms with E-state index in [1.54, 1.807) is 0 Å². The van der Waals surface area contributed by atoms with Crippen molar-refractivity contribution < 1.29 is 19.4 Å². The molecule has 1 heterocycles. The van der Waals surface area contributed by atoms with Crippen LogP contribution >= 0.6 is 0 Å².